The molecule has 162 valence electrons. The highest BCUT2D eigenvalue weighted by Crippen LogP contribution is 2.23. The second-order valence-electron chi connectivity index (χ2n) is 7.06. The number of pyridine rings is 1. The van der Waals surface area contributed by atoms with Gasteiger partial charge < -0.3 is 20.4 Å². The van der Waals surface area contributed by atoms with Gasteiger partial charge in [0.2, 0.25) is 5.91 Å². The van der Waals surface area contributed by atoms with Crippen molar-refractivity contribution in [2.75, 3.05) is 5.75 Å². The minimum atomic E-state index is -0.937. The van der Waals surface area contributed by atoms with E-state index in [0.717, 1.165) is 22.3 Å². The van der Waals surface area contributed by atoms with E-state index in [1.54, 1.807) is 20.0 Å². The predicted molar refractivity (Wildman–Crippen MR) is 118 cm³/mol. The van der Waals surface area contributed by atoms with Crippen LogP contribution < -0.4 is 5.32 Å². The molecule has 0 unspecified atom stereocenters. The normalized spacial score (nSPS) is 13.1. The van der Waals surface area contributed by atoms with Gasteiger partial charge in [-0.05, 0) is 50.1 Å². The van der Waals surface area contributed by atoms with Crippen LogP contribution in [0.1, 0.15) is 39.2 Å². The number of hydrogen-bond donors (Lipinski definition) is 3. The van der Waals surface area contributed by atoms with Crippen LogP contribution in [-0.2, 0) is 25.5 Å². The zero-order chi connectivity index (χ0) is 22.1. The lowest BCUT2D eigenvalue weighted by Crippen LogP contribution is -2.46. The Morgan fingerprint density at radius 2 is 2.13 bits per heavy atom. The fraction of sp³-hybridized carbons (Fsp3) is 0.476. The molecule has 0 radical (unpaired) electrons. The van der Waals surface area contributed by atoms with Crippen LogP contribution in [0.3, 0.4) is 0 Å². The Labute approximate surface area is 180 Å². The highest BCUT2D eigenvalue weighted by molar-refractivity contribution is 8.00. The summed E-state index contributed by atoms with van der Waals surface area (Å²) < 4.78 is 5.24. The Kier molecular flexibility index (Phi) is 9.04. The largest absolute Gasteiger partial charge is 0.461 e. The van der Waals surface area contributed by atoms with Gasteiger partial charge in [0, 0.05) is 24.2 Å². The number of fused-ring (bicyclic) bond motifs is 1. The lowest BCUT2D eigenvalue weighted by molar-refractivity contribution is -0.151. The molecule has 2 rings (SSSR count). The number of nitrogens with one attached hydrogen (secondary N) is 3. The monoisotopic (exact) mass is 432 g/mol. The van der Waals surface area contributed by atoms with Crippen molar-refractivity contribution in [3.63, 3.8) is 0 Å². The highest BCUT2D eigenvalue weighted by Gasteiger charge is 2.28. The molecular weight excluding hydrogens is 404 g/mol. The number of Topliss-reactive ketones (excluding diaryl/α,β-unsaturated/α-hetero) is 1. The number of carbonyl (C=O) groups excluding carboxylic acids is 3. The molecule has 2 heterocycles. The van der Waals surface area contributed by atoms with E-state index >= 15 is 0 Å². The zero-order valence-electron chi connectivity index (χ0n) is 17.4. The lowest BCUT2D eigenvalue weighted by Gasteiger charge is -2.22. The minimum absolute atomic E-state index is 0.0126. The fourth-order valence-electron chi connectivity index (χ4n) is 3.00. The first-order chi connectivity index (χ1) is 14.3. The summed E-state index contributed by atoms with van der Waals surface area (Å²) in [4.78, 5) is 44.3. The summed E-state index contributed by atoms with van der Waals surface area (Å²) in [6.45, 7) is 5.41. The quantitative estimate of drug-likeness (QED) is 0.350. The molecule has 0 bridgehead atoms. The van der Waals surface area contributed by atoms with E-state index < -0.39 is 23.0 Å². The predicted octanol–water partition coefficient (Wildman–Crippen LogP) is 2.66. The van der Waals surface area contributed by atoms with E-state index in [9.17, 15) is 14.4 Å². The van der Waals surface area contributed by atoms with Crippen molar-refractivity contribution in [2.24, 2.45) is 0 Å². The average molecular weight is 433 g/mol. The number of carbonyl (C=O) groups is 3. The average Bonchev–Trinajstić information content (AvgIpc) is 3.12. The minimum Gasteiger partial charge on any atom is -0.461 e. The molecular formula is C21H28N4O4S. The first kappa shape index (κ1) is 23.6. The molecule has 2 aromatic heterocycles. The van der Waals surface area contributed by atoms with Crippen LogP contribution in [-0.4, -0.2) is 57.0 Å². The smallest absolute Gasteiger partial charge is 0.328 e. The van der Waals surface area contributed by atoms with Gasteiger partial charge in [0.25, 0.3) is 0 Å². The van der Waals surface area contributed by atoms with Gasteiger partial charge in [0.05, 0.1) is 17.6 Å². The second kappa shape index (κ2) is 11.5. The maximum Gasteiger partial charge on any atom is 0.328 e. The number of ketones is 1. The van der Waals surface area contributed by atoms with Crippen molar-refractivity contribution in [2.45, 2.75) is 57.4 Å². The lowest BCUT2D eigenvalue weighted by atomic mass is 10.1. The standard InChI is InChI=1S/C21H28N4O4S/c1-4-30-18(10-14-12-24-19-16(14)6-5-9-23-19)20(27)25-17(8-7-15(26)11-22)21(28)29-13(2)3/h5-6,9,11-13,17-18,22H,4,7-8,10H2,1-3H3,(H,23,24)(H,25,27)/t17-,18-/m0/s1. The maximum absolute atomic E-state index is 13.0. The number of ether oxygens (including phenoxy) is 1. The Morgan fingerprint density at radius 1 is 1.37 bits per heavy atom. The topological polar surface area (TPSA) is 125 Å². The third-order valence-electron chi connectivity index (χ3n) is 4.40. The van der Waals surface area contributed by atoms with Crippen LogP contribution >= 0.6 is 11.8 Å². The molecule has 0 aromatic carbocycles. The first-order valence-electron chi connectivity index (χ1n) is 9.92. The molecule has 0 aliphatic carbocycles. The molecule has 0 spiro atoms. The van der Waals surface area contributed by atoms with Gasteiger partial charge in [-0.2, -0.15) is 0 Å². The Balaban J connectivity index is 2.14. The molecule has 2 aromatic rings. The van der Waals surface area contributed by atoms with Crippen LogP contribution in [0.15, 0.2) is 24.5 Å². The summed E-state index contributed by atoms with van der Waals surface area (Å²) in [6.07, 6.45) is 4.48. The van der Waals surface area contributed by atoms with Crippen molar-refractivity contribution < 1.29 is 19.1 Å². The number of thioether (sulfide) groups is 1. The molecule has 0 aliphatic rings. The SMILES string of the molecule is CCS[C@@H](Cc1c[nH]c2ncccc12)C(=O)N[C@@H](CCC(=O)C=N)C(=O)OC(C)C. The Bertz CT molecular complexity index is 896. The summed E-state index contributed by atoms with van der Waals surface area (Å²) in [5.41, 5.74) is 1.73. The number of H-pyrrole nitrogens is 1. The fourth-order valence-corrected chi connectivity index (χ4v) is 3.92. The van der Waals surface area contributed by atoms with Gasteiger partial charge in [0.15, 0.2) is 5.78 Å². The van der Waals surface area contributed by atoms with Crippen LogP contribution in [0.4, 0.5) is 0 Å². The van der Waals surface area contributed by atoms with Crippen LogP contribution in [0.5, 0.6) is 0 Å². The molecule has 3 N–H and O–H groups in total. The third kappa shape index (κ3) is 6.69. The maximum atomic E-state index is 13.0. The molecule has 30 heavy (non-hydrogen) atoms. The van der Waals surface area contributed by atoms with Crippen molar-refractivity contribution >= 4 is 46.7 Å². The zero-order valence-corrected chi connectivity index (χ0v) is 18.3. The van der Waals surface area contributed by atoms with Gasteiger partial charge >= 0.3 is 5.97 Å². The van der Waals surface area contributed by atoms with Crippen molar-refractivity contribution in [1.29, 1.82) is 5.41 Å². The van der Waals surface area contributed by atoms with Gasteiger partial charge in [-0.25, -0.2) is 9.78 Å². The van der Waals surface area contributed by atoms with E-state index in [2.05, 4.69) is 15.3 Å². The number of esters is 1. The summed E-state index contributed by atoms with van der Waals surface area (Å²) in [5, 5.41) is 10.3. The molecule has 0 fully saturated rings. The number of nitrogens with zero attached hydrogens (tertiary/aromatic N) is 1. The van der Waals surface area contributed by atoms with Crippen LogP contribution in [0.25, 0.3) is 11.0 Å². The van der Waals surface area contributed by atoms with Gasteiger partial charge in [-0.3, -0.25) is 9.59 Å². The highest BCUT2D eigenvalue weighted by atomic mass is 32.2. The molecule has 0 aliphatic heterocycles. The number of aromatic amines is 1. The molecule has 9 heteroatoms. The Hall–Kier alpha value is -2.68. The van der Waals surface area contributed by atoms with Crippen LogP contribution in [0.2, 0.25) is 0 Å². The van der Waals surface area contributed by atoms with Gasteiger partial charge in [-0.15, -0.1) is 11.8 Å². The van der Waals surface area contributed by atoms with Gasteiger partial charge in [-0.1, -0.05) is 6.92 Å². The number of rotatable bonds is 12. The van der Waals surface area contributed by atoms with Crippen LogP contribution in [0, 0.1) is 5.41 Å². The number of hydrogen-bond acceptors (Lipinski definition) is 7. The van der Waals surface area contributed by atoms with Crippen molar-refractivity contribution in [3.8, 4) is 0 Å². The summed E-state index contributed by atoms with van der Waals surface area (Å²) in [6, 6.07) is 2.86. The van der Waals surface area contributed by atoms with E-state index in [0.29, 0.717) is 12.6 Å². The molecule has 8 nitrogen and oxygen atoms in total. The van der Waals surface area contributed by atoms with E-state index in [1.807, 2.05) is 25.3 Å². The summed E-state index contributed by atoms with van der Waals surface area (Å²) >= 11 is 1.49. The van der Waals surface area contributed by atoms with Crippen molar-refractivity contribution in [3.05, 3.63) is 30.1 Å². The summed E-state index contributed by atoms with van der Waals surface area (Å²) in [7, 11) is 0. The van der Waals surface area contributed by atoms with Crippen molar-refractivity contribution in [1.82, 2.24) is 15.3 Å². The van der Waals surface area contributed by atoms with E-state index in [-0.39, 0.29) is 24.9 Å². The molecule has 2 atom stereocenters. The Morgan fingerprint density at radius 3 is 2.80 bits per heavy atom. The van der Waals surface area contributed by atoms with Gasteiger partial charge in [0.1, 0.15) is 11.7 Å². The second-order valence-corrected chi connectivity index (χ2v) is 8.54. The molecule has 0 saturated carbocycles. The number of amides is 1. The van der Waals surface area contributed by atoms with E-state index in [1.165, 1.54) is 11.8 Å². The molecule has 0 saturated heterocycles. The van der Waals surface area contributed by atoms with E-state index in [4.69, 9.17) is 10.1 Å². The third-order valence-corrected chi connectivity index (χ3v) is 5.51. The summed E-state index contributed by atoms with van der Waals surface area (Å²) in [5.74, 6) is -0.537. The number of aromatic nitrogens is 2. The first-order valence-corrected chi connectivity index (χ1v) is 11.0. The molecule has 1 amide bonds.